The van der Waals surface area contributed by atoms with Gasteiger partial charge in [0, 0.05) is 8.95 Å². The molecule has 1 unspecified atom stereocenters. The minimum Gasteiger partial charge on any atom is -0.0622 e. The normalized spacial score (nSPS) is 18.8. The zero-order valence-electron chi connectivity index (χ0n) is 11.1. The van der Waals surface area contributed by atoms with Crippen molar-refractivity contribution in [1.29, 1.82) is 0 Å². The third-order valence-electron chi connectivity index (χ3n) is 4.37. The average molecular weight is 374 g/mol. The Labute approximate surface area is 128 Å². The fourth-order valence-corrected chi connectivity index (χ4v) is 4.48. The van der Waals surface area contributed by atoms with Crippen molar-refractivity contribution in [2.75, 3.05) is 0 Å². The first-order chi connectivity index (χ1) is 8.68. The second-order valence-electron chi connectivity index (χ2n) is 5.61. The summed E-state index contributed by atoms with van der Waals surface area (Å²) in [5.74, 6) is 1.84. The van der Waals surface area contributed by atoms with Crippen molar-refractivity contribution in [2.24, 2.45) is 11.8 Å². The Kier molecular flexibility index (Phi) is 5.75. The molecule has 1 fully saturated rings. The summed E-state index contributed by atoms with van der Waals surface area (Å²) in [6.07, 6.45) is 9.77. The fraction of sp³-hybridized carbons (Fsp3) is 0.625. The Morgan fingerprint density at radius 3 is 2.33 bits per heavy atom. The maximum atomic E-state index is 3.66. The molecule has 1 aromatic rings. The summed E-state index contributed by atoms with van der Waals surface area (Å²) in [5, 5.41) is 0. The molecule has 0 amide bonds. The maximum absolute atomic E-state index is 3.66. The summed E-state index contributed by atoms with van der Waals surface area (Å²) < 4.78 is 2.49. The van der Waals surface area contributed by atoms with E-state index in [2.05, 4.69) is 57.0 Å². The van der Waals surface area contributed by atoms with Crippen molar-refractivity contribution >= 4 is 31.9 Å². The Bertz CT molecular complexity index is 360. The van der Waals surface area contributed by atoms with E-state index in [1.54, 1.807) is 0 Å². The molecule has 2 heteroatoms. The van der Waals surface area contributed by atoms with E-state index in [-0.39, 0.29) is 0 Å². The van der Waals surface area contributed by atoms with E-state index in [4.69, 9.17) is 0 Å². The van der Waals surface area contributed by atoms with Crippen LogP contribution in [0.1, 0.15) is 51.0 Å². The van der Waals surface area contributed by atoms with Crippen LogP contribution >= 0.6 is 31.9 Å². The van der Waals surface area contributed by atoms with Crippen LogP contribution in [0.5, 0.6) is 0 Å². The molecule has 0 spiro atoms. The van der Waals surface area contributed by atoms with Gasteiger partial charge in [0.15, 0.2) is 0 Å². The molecule has 0 nitrogen and oxygen atoms in total. The minimum atomic E-state index is 0.865. The highest BCUT2D eigenvalue weighted by molar-refractivity contribution is 9.11. The molecular formula is C16H22Br2. The monoisotopic (exact) mass is 372 g/mol. The highest BCUT2D eigenvalue weighted by Gasteiger charge is 2.20. The smallest absolute Gasteiger partial charge is 0.0218 e. The fourth-order valence-electron chi connectivity index (χ4n) is 3.08. The van der Waals surface area contributed by atoms with E-state index in [0.717, 1.165) is 11.8 Å². The van der Waals surface area contributed by atoms with Crippen LogP contribution < -0.4 is 0 Å². The molecule has 18 heavy (non-hydrogen) atoms. The lowest BCUT2D eigenvalue weighted by Crippen LogP contribution is -2.16. The van der Waals surface area contributed by atoms with Gasteiger partial charge in [-0.1, -0.05) is 77.0 Å². The summed E-state index contributed by atoms with van der Waals surface area (Å²) in [5.41, 5.74) is 1.43. The first-order valence-corrected chi connectivity index (χ1v) is 8.70. The summed E-state index contributed by atoms with van der Waals surface area (Å²) in [4.78, 5) is 0. The van der Waals surface area contributed by atoms with Crippen LogP contribution in [0.2, 0.25) is 0 Å². The van der Waals surface area contributed by atoms with Gasteiger partial charge in [-0.2, -0.15) is 0 Å². The molecule has 0 N–H and O–H groups in total. The highest BCUT2D eigenvalue weighted by atomic mass is 79.9. The van der Waals surface area contributed by atoms with E-state index in [1.807, 2.05) is 0 Å². The molecule has 0 aliphatic heterocycles. The molecule has 1 aliphatic carbocycles. The van der Waals surface area contributed by atoms with Crippen molar-refractivity contribution in [1.82, 2.24) is 0 Å². The van der Waals surface area contributed by atoms with Gasteiger partial charge in [-0.05, 0) is 42.4 Å². The first-order valence-electron chi connectivity index (χ1n) is 7.11. The topological polar surface area (TPSA) is 0 Å². The van der Waals surface area contributed by atoms with Crippen molar-refractivity contribution in [3.63, 3.8) is 0 Å². The zero-order chi connectivity index (χ0) is 13.0. The maximum Gasteiger partial charge on any atom is 0.0218 e. The standard InChI is InChI=1S/C16H22Br2/c1-12(13-6-3-2-4-7-13)10-11-14-15(17)8-5-9-16(14)18/h5,8-9,12-13H,2-4,6-7,10-11H2,1H3. The Hall–Kier alpha value is 0.180. The first kappa shape index (κ1) is 14.6. The van der Waals surface area contributed by atoms with E-state index >= 15 is 0 Å². The van der Waals surface area contributed by atoms with Gasteiger partial charge in [0.05, 0.1) is 0 Å². The Balaban J connectivity index is 1.90. The largest absolute Gasteiger partial charge is 0.0622 e. The van der Waals surface area contributed by atoms with Crippen LogP contribution in [0, 0.1) is 11.8 Å². The van der Waals surface area contributed by atoms with Gasteiger partial charge < -0.3 is 0 Å². The third kappa shape index (κ3) is 3.84. The number of rotatable bonds is 4. The quantitative estimate of drug-likeness (QED) is 0.575. The predicted octanol–water partition coefficient (Wildman–Crippen LogP) is 6.36. The van der Waals surface area contributed by atoms with Crippen molar-refractivity contribution in [3.05, 3.63) is 32.7 Å². The number of halogens is 2. The lowest BCUT2D eigenvalue weighted by molar-refractivity contribution is 0.252. The molecule has 2 rings (SSSR count). The van der Waals surface area contributed by atoms with Gasteiger partial charge >= 0.3 is 0 Å². The van der Waals surface area contributed by atoms with Gasteiger partial charge in [0.2, 0.25) is 0 Å². The number of benzene rings is 1. The second-order valence-corrected chi connectivity index (χ2v) is 7.32. The minimum absolute atomic E-state index is 0.865. The summed E-state index contributed by atoms with van der Waals surface area (Å²) >= 11 is 7.33. The van der Waals surface area contributed by atoms with Crippen molar-refractivity contribution in [2.45, 2.75) is 51.9 Å². The van der Waals surface area contributed by atoms with Crippen LogP contribution in [0.15, 0.2) is 27.1 Å². The Morgan fingerprint density at radius 2 is 1.72 bits per heavy atom. The molecule has 1 saturated carbocycles. The summed E-state index contributed by atoms with van der Waals surface area (Å²) in [6.45, 7) is 2.45. The van der Waals surface area contributed by atoms with E-state index < -0.39 is 0 Å². The molecule has 0 aromatic heterocycles. The summed E-state index contributed by atoms with van der Waals surface area (Å²) in [7, 11) is 0. The van der Waals surface area contributed by atoms with Crippen LogP contribution in [-0.2, 0) is 6.42 Å². The molecule has 0 saturated heterocycles. The van der Waals surface area contributed by atoms with Gasteiger partial charge in [-0.3, -0.25) is 0 Å². The van der Waals surface area contributed by atoms with Gasteiger partial charge in [0.25, 0.3) is 0 Å². The zero-order valence-corrected chi connectivity index (χ0v) is 14.3. The second kappa shape index (κ2) is 7.09. The molecule has 1 atom stereocenters. The summed E-state index contributed by atoms with van der Waals surface area (Å²) in [6, 6.07) is 6.37. The highest BCUT2D eigenvalue weighted by Crippen LogP contribution is 2.34. The van der Waals surface area contributed by atoms with E-state index in [9.17, 15) is 0 Å². The van der Waals surface area contributed by atoms with Crippen molar-refractivity contribution in [3.8, 4) is 0 Å². The molecule has 1 aromatic carbocycles. The molecule has 100 valence electrons. The van der Waals surface area contributed by atoms with E-state index in [1.165, 1.54) is 59.5 Å². The number of hydrogen-bond donors (Lipinski definition) is 0. The van der Waals surface area contributed by atoms with Crippen LogP contribution in [0.3, 0.4) is 0 Å². The van der Waals surface area contributed by atoms with Gasteiger partial charge in [-0.15, -0.1) is 0 Å². The van der Waals surface area contributed by atoms with Crippen LogP contribution in [0.25, 0.3) is 0 Å². The van der Waals surface area contributed by atoms with E-state index in [0.29, 0.717) is 0 Å². The molecule has 0 radical (unpaired) electrons. The van der Waals surface area contributed by atoms with Crippen LogP contribution in [0.4, 0.5) is 0 Å². The van der Waals surface area contributed by atoms with Gasteiger partial charge in [-0.25, -0.2) is 0 Å². The predicted molar refractivity (Wildman–Crippen MR) is 85.9 cm³/mol. The van der Waals surface area contributed by atoms with Crippen LogP contribution in [-0.4, -0.2) is 0 Å². The Morgan fingerprint density at radius 1 is 1.11 bits per heavy atom. The lowest BCUT2D eigenvalue weighted by Gasteiger charge is -2.27. The lowest BCUT2D eigenvalue weighted by atomic mass is 9.78. The SMILES string of the molecule is CC(CCc1c(Br)cccc1Br)C1CCCCC1. The van der Waals surface area contributed by atoms with Gasteiger partial charge in [0.1, 0.15) is 0 Å². The molecule has 0 bridgehead atoms. The third-order valence-corrected chi connectivity index (χ3v) is 5.85. The average Bonchev–Trinajstić information content (AvgIpc) is 2.39. The molecular weight excluding hydrogens is 352 g/mol. The molecule has 1 aliphatic rings. The van der Waals surface area contributed by atoms with Crippen molar-refractivity contribution < 1.29 is 0 Å². The molecule has 0 heterocycles. The number of hydrogen-bond acceptors (Lipinski definition) is 0.